The molecule has 3 rings (SSSR count). The molecule has 0 saturated heterocycles. The van der Waals surface area contributed by atoms with E-state index >= 15 is 0 Å². The van der Waals surface area contributed by atoms with Crippen molar-refractivity contribution in [2.45, 2.75) is 33.3 Å². The lowest BCUT2D eigenvalue weighted by atomic mass is 10.0. The van der Waals surface area contributed by atoms with Crippen molar-refractivity contribution in [1.29, 1.82) is 0 Å². The summed E-state index contributed by atoms with van der Waals surface area (Å²) in [6.07, 6.45) is 1.50. The second-order valence-corrected chi connectivity index (χ2v) is 5.89. The molecule has 0 radical (unpaired) electrons. The second-order valence-electron chi connectivity index (χ2n) is 5.89. The van der Waals surface area contributed by atoms with Crippen LogP contribution in [0.4, 0.5) is 0 Å². The van der Waals surface area contributed by atoms with E-state index in [0.717, 1.165) is 22.3 Å². The number of carboxylic acid groups (broad SMARTS) is 1. The Kier molecular flexibility index (Phi) is 4.25. The largest absolute Gasteiger partial charge is 0.489 e. The van der Waals surface area contributed by atoms with Gasteiger partial charge < -0.3 is 14.3 Å². The average Bonchev–Trinajstić information content (AvgIpc) is 2.96. The summed E-state index contributed by atoms with van der Waals surface area (Å²) in [6, 6.07) is 9.41. The van der Waals surface area contributed by atoms with Gasteiger partial charge in [0.1, 0.15) is 17.9 Å². The average molecular weight is 325 g/mol. The van der Waals surface area contributed by atoms with Crippen molar-refractivity contribution >= 4 is 16.9 Å². The van der Waals surface area contributed by atoms with Gasteiger partial charge in [0.05, 0.1) is 12.2 Å². The van der Waals surface area contributed by atoms with E-state index in [1.165, 1.54) is 6.26 Å². The van der Waals surface area contributed by atoms with E-state index < -0.39 is 11.9 Å². The minimum atomic E-state index is -0.875. The predicted octanol–water partition coefficient (Wildman–Crippen LogP) is 4.21. The third-order valence-electron chi connectivity index (χ3n) is 4.14. The van der Waals surface area contributed by atoms with E-state index in [9.17, 15) is 4.79 Å². The van der Waals surface area contributed by atoms with Gasteiger partial charge in [0, 0.05) is 34.0 Å². The number of furan rings is 1. The smallest absolute Gasteiger partial charge is 0.310 e. The molecule has 0 saturated carbocycles. The van der Waals surface area contributed by atoms with Crippen molar-refractivity contribution in [2.24, 2.45) is 0 Å². The monoisotopic (exact) mass is 325 g/mol. The number of hydrogen-bond donors (Lipinski definition) is 1. The lowest BCUT2D eigenvalue weighted by molar-refractivity contribution is -0.138. The van der Waals surface area contributed by atoms with Crippen molar-refractivity contribution in [3.8, 4) is 5.75 Å². The van der Waals surface area contributed by atoms with Crippen LogP contribution >= 0.6 is 0 Å². The molecule has 3 aromatic rings. The molecule has 0 amide bonds. The molecule has 2 aromatic heterocycles. The van der Waals surface area contributed by atoms with Crippen LogP contribution in [0.1, 0.15) is 35.4 Å². The zero-order chi connectivity index (χ0) is 17.3. The SMILES string of the molecule is Cc1ccc(COc2ccc3c(C(C)C(=O)O)coc3c2)c(C)n1. The summed E-state index contributed by atoms with van der Waals surface area (Å²) in [5.74, 6) is -0.814. The second kappa shape index (κ2) is 6.35. The molecule has 2 heterocycles. The summed E-state index contributed by atoms with van der Waals surface area (Å²) in [7, 11) is 0. The molecule has 0 bridgehead atoms. The maximum atomic E-state index is 11.2. The summed E-state index contributed by atoms with van der Waals surface area (Å²) < 4.78 is 11.3. The number of nitrogens with zero attached hydrogens (tertiary/aromatic N) is 1. The Morgan fingerprint density at radius 3 is 2.79 bits per heavy atom. The Bertz CT molecular complexity index is 898. The zero-order valence-electron chi connectivity index (χ0n) is 13.9. The number of hydrogen-bond acceptors (Lipinski definition) is 4. The molecule has 1 atom stereocenters. The predicted molar refractivity (Wildman–Crippen MR) is 90.3 cm³/mol. The minimum absolute atomic E-state index is 0.420. The summed E-state index contributed by atoms with van der Waals surface area (Å²) in [5.41, 5.74) is 4.25. The van der Waals surface area contributed by atoms with Gasteiger partial charge in [-0.15, -0.1) is 0 Å². The quantitative estimate of drug-likeness (QED) is 0.760. The van der Waals surface area contributed by atoms with Gasteiger partial charge in [0.25, 0.3) is 0 Å². The maximum Gasteiger partial charge on any atom is 0.310 e. The highest BCUT2D eigenvalue weighted by Gasteiger charge is 2.19. The summed E-state index contributed by atoms with van der Waals surface area (Å²) in [6.45, 7) is 5.98. The molecule has 0 spiro atoms. The number of carboxylic acids is 1. The molecule has 24 heavy (non-hydrogen) atoms. The van der Waals surface area contributed by atoms with E-state index in [1.807, 2.05) is 38.1 Å². The van der Waals surface area contributed by atoms with Crippen LogP contribution in [-0.4, -0.2) is 16.1 Å². The molecule has 124 valence electrons. The number of carbonyl (C=O) groups is 1. The normalized spacial score (nSPS) is 12.3. The molecular weight excluding hydrogens is 306 g/mol. The summed E-state index contributed by atoms with van der Waals surface area (Å²) in [5, 5.41) is 9.95. The highest BCUT2D eigenvalue weighted by molar-refractivity contribution is 5.88. The van der Waals surface area contributed by atoms with Gasteiger partial charge in [0.15, 0.2) is 0 Å². The highest BCUT2D eigenvalue weighted by Crippen LogP contribution is 2.30. The Balaban J connectivity index is 1.80. The maximum absolute atomic E-state index is 11.2. The number of aryl methyl sites for hydroxylation is 2. The van der Waals surface area contributed by atoms with Gasteiger partial charge in [-0.05, 0) is 39.0 Å². The molecule has 5 heteroatoms. The van der Waals surface area contributed by atoms with Crippen LogP contribution in [0.3, 0.4) is 0 Å². The number of aliphatic carboxylic acids is 1. The van der Waals surface area contributed by atoms with Gasteiger partial charge in [-0.25, -0.2) is 0 Å². The van der Waals surface area contributed by atoms with E-state index in [4.69, 9.17) is 14.3 Å². The van der Waals surface area contributed by atoms with Crippen molar-refractivity contribution < 1.29 is 19.1 Å². The van der Waals surface area contributed by atoms with Crippen LogP contribution in [0.15, 0.2) is 41.0 Å². The fraction of sp³-hybridized carbons (Fsp3) is 0.263. The van der Waals surface area contributed by atoms with Crippen LogP contribution in [0, 0.1) is 13.8 Å². The molecule has 1 unspecified atom stereocenters. The number of fused-ring (bicyclic) bond motifs is 1. The van der Waals surface area contributed by atoms with Gasteiger partial charge in [-0.3, -0.25) is 9.78 Å². The standard InChI is InChI=1S/C19H19NO4/c1-11-4-5-14(13(3)20-11)9-23-15-6-7-16-17(12(2)19(21)22)10-24-18(16)8-15/h4-8,10,12H,9H2,1-3H3,(H,21,22). The highest BCUT2D eigenvalue weighted by atomic mass is 16.5. The van der Waals surface area contributed by atoms with E-state index in [2.05, 4.69) is 4.98 Å². The Morgan fingerprint density at radius 1 is 1.29 bits per heavy atom. The summed E-state index contributed by atoms with van der Waals surface area (Å²) in [4.78, 5) is 15.6. The Morgan fingerprint density at radius 2 is 2.08 bits per heavy atom. The van der Waals surface area contributed by atoms with Crippen molar-refractivity contribution in [2.75, 3.05) is 0 Å². The fourth-order valence-electron chi connectivity index (χ4n) is 2.62. The van der Waals surface area contributed by atoms with Crippen molar-refractivity contribution in [1.82, 2.24) is 4.98 Å². The lowest BCUT2D eigenvalue weighted by Gasteiger charge is -2.09. The van der Waals surface area contributed by atoms with Crippen LogP contribution < -0.4 is 4.74 Å². The first-order valence-corrected chi connectivity index (χ1v) is 7.75. The summed E-state index contributed by atoms with van der Waals surface area (Å²) >= 11 is 0. The number of ether oxygens (including phenoxy) is 1. The number of rotatable bonds is 5. The molecule has 0 aliphatic rings. The van der Waals surface area contributed by atoms with Gasteiger partial charge in [-0.2, -0.15) is 0 Å². The van der Waals surface area contributed by atoms with Crippen molar-refractivity contribution in [3.05, 3.63) is 59.1 Å². The first-order chi connectivity index (χ1) is 11.5. The van der Waals surface area contributed by atoms with Gasteiger partial charge >= 0.3 is 5.97 Å². The number of aromatic nitrogens is 1. The van der Waals surface area contributed by atoms with Crippen LogP contribution in [-0.2, 0) is 11.4 Å². The molecule has 1 N–H and O–H groups in total. The molecule has 0 aliphatic heterocycles. The Labute approximate surface area is 139 Å². The van der Waals surface area contributed by atoms with E-state index in [1.54, 1.807) is 13.0 Å². The molecule has 0 aliphatic carbocycles. The molecule has 1 aromatic carbocycles. The number of benzene rings is 1. The molecule has 5 nitrogen and oxygen atoms in total. The topological polar surface area (TPSA) is 72.6 Å². The Hall–Kier alpha value is -2.82. The zero-order valence-corrected chi connectivity index (χ0v) is 13.9. The lowest BCUT2D eigenvalue weighted by Crippen LogP contribution is -2.06. The van der Waals surface area contributed by atoms with Crippen LogP contribution in [0.25, 0.3) is 11.0 Å². The van der Waals surface area contributed by atoms with Gasteiger partial charge in [0.2, 0.25) is 0 Å². The van der Waals surface area contributed by atoms with Crippen LogP contribution in [0.2, 0.25) is 0 Å². The third kappa shape index (κ3) is 3.11. The van der Waals surface area contributed by atoms with Crippen LogP contribution in [0.5, 0.6) is 5.75 Å². The fourth-order valence-corrected chi connectivity index (χ4v) is 2.62. The third-order valence-corrected chi connectivity index (χ3v) is 4.14. The molecule has 0 fully saturated rings. The first kappa shape index (κ1) is 16.1. The van der Waals surface area contributed by atoms with Crippen molar-refractivity contribution in [3.63, 3.8) is 0 Å². The first-order valence-electron chi connectivity index (χ1n) is 7.75. The minimum Gasteiger partial charge on any atom is -0.489 e. The van der Waals surface area contributed by atoms with E-state index in [-0.39, 0.29) is 0 Å². The number of pyridine rings is 1. The van der Waals surface area contributed by atoms with Gasteiger partial charge in [-0.1, -0.05) is 6.07 Å². The molecular formula is C19H19NO4. The van der Waals surface area contributed by atoms with E-state index in [0.29, 0.717) is 23.5 Å².